The van der Waals surface area contributed by atoms with Gasteiger partial charge in [0.1, 0.15) is 9.84 Å². The highest BCUT2D eigenvalue weighted by atomic mass is 32.2. The van der Waals surface area contributed by atoms with Crippen molar-refractivity contribution in [2.75, 3.05) is 31.0 Å². The maximum Gasteiger partial charge on any atom is 0.303 e. The van der Waals surface area contributed by atoms with Crippen LogP contribution in [0, 0.1) is 0 Å². The summed E-state index contributed by atoms with van der Waals surface area (Å²) in [6.07, 6.45) is 2.35. The summed E-state index contributed by atoms with van der Waals surface area (Å²) in [4.78, 5) is 51.1. The number of carboxylic acids is 1. The molecule has 2 aromatic rings. The number of anilines is 1. The Labute approximate surface area is 227 Å². The third-order valence-electron chi connectivity index (χ3n) is 6.14. The van der Waals surface area contributed by atoms with Crippen molar-refractivity contribution in [2.24, 2.45) is 0 Å². The molecular weight excluding hydrogens is 528 g/mol. The molecule has 0 aliphatic carbocycles. The fourth-order valence-electron chi connectivity index (χ4n) is 4.54. The summed E-state index contributed by atoms with van der Waals surface area (Å²) < 4.78 is 35.8. The number of unbranched alkanes of at least 4 members (excludes halogenated alkanes) is 1. The van der Waals surface area contributed by atoms with E-state index >= 15 is 0 Å². The average molecular weight is 561 g/mol. The summed E-state index contributed by atoms with van der Waals surface area (Å²) >= 11 is 0. The number of rotatable bonds is 13. The SMILES string of the molecule is CCOc1cc(C(CS(C)(=O)=O)N2C(=O)c3cc(CCCCC(=O)O)cc(NC(C)=O)c3C2=O)ccc1OC. The smallest absolute Gasteiger partial charge is 0.303 e. The van der Waals surface area contributed by atoms with Crippen molar-refractivity contribution in [1.29, 1.82) is 0 Å². The number of imide groups is 1. The van der Waals surface area contributed by atoms with Gasteiger partial charge in [0.25, 0.3) is 11.8 Å². The van der Waals surface area contributed by atoms with Crippen LogP contribution < -0.4 is 14.8 Å². The largest absolute Gasteiger partial charge is 0.493 e. The first-order valence-corrected chi connectivity index (χ1v) is 14.4. The monoisotopic (exact) mass is 560 g/mol. The number of nitrogens with one attached hydrogen (secondary N) is 1. The molecule has 1 aliphatic rings. The number of sulfone groups is 1. The maximum absolute atomic E-state index is 13.7. The molecule has 0 aromatic heterocycles. The molecule has 0 spiro atoms. The van der Waals surface area contributed by atoms with Gasteiger partial charge in [0.2, 0.25) is 5.91 Å². The van der Waals surface area contributed by atoms with Gasteiger partial charge in [0.05, 0.1) is 42.3 Å². The van der Waals surface area contributed by atoms with Gasteiger partial charge >= 0.3 is 5.97 Å². The third kappa shape index (κ3) is 7.14. The molecule has 0 bridgehead atoms. The molecule has 1 atom stereocenters. The zero-order valence-electron chi connectivity index (χ0n) is 22.3. The predicted molar refractivity (Wildman–Crippen MR) is 143 cm³/mol. The van der Waals surface area contributed by atoms with Gasteiger partial charge in [-0.3, -0.25) is 24.1 Å². The van der Waals surface area contributed by atoms with E-state index in [0.29, 0.717) is 48.5 Å². The summed E-state index contributed by atoms with van der Waals surface area (Å²) in [7, 11) is -2.22. The maximum atomic E-state index is 13.7. The molecule has 0 radical (unpaired) electrons. The predicted octanol–water partition coefficient (Wildman–Crippen LogP) is 3.23. The molecule has 1 unspecified atom stereocenters. The quantitative estimate of drug-likeness (QED) is 0.277. The first kappa shape index (κ1) is 29.6. The van der Waals surface area contributed by atoms with Crippen molar-refractivity contribution in [3.05, 3.63) is 52.6 Å². The highest BCUT2D eigenvalue weighted by Crippen LogP contribution is 2.39. The van der Waals surface area contributed by atoms with Crippen molar-refractivity contribution in [3.63, 3.8) is 0 Å². The average Bonchev–Trinajstić information content (AvgIpc) is 3.09. The fraction of sp³-hybridized carbons (Fsp3) is 0.407. The van der Waals surface area contributed by atoms with E-state index in [1.807, 2.05) is 0 Å². The third-order valence-corrected chi connectivity index (χ3v) is 7.06. The Bertz CT molecular complexity index is 1400. The standard InChI is InChI=1S/C27H32N2O9S/c1-5-38-23-14-18(10-11-22(23)37-3)21(15-39(4,35)36)29-26(33)19-12-17(8-6-7-9-24(31)32)13-20(28-16(2)30)25(19)27(29)34/h10-14,21H,5-9,15H2,1-4H3,(H,28,30)(H,31,32). The van der Waals surface area contributed by atoms with Crippen LogP contribution in [0.15, 0.2) is 30.3 Å². The number of aliphatic carboxylic acids is 1. The number of hydrogen-bond acceptors (Lipinski definition) is 8. The van der Waals surface area contributed by atoms with Gasteiger partial charge in [0.15, 0.2) is 11.5 Å². The van der Waals surface area contributed by atoms with Crippen molar-refractivity contribution < 1.29 is 42.2 Å². The number of nitrogens with zero attached hydrogens (tertiary/aromatic N) is 1. The van der Waals surface area contributed by atoms with E-state index in [-0.39, 0.29) is 23.2 Å². The lowest BCUT2D eigenvalue weighted by atomic mass is 9.99. The number of fused-ring (bicyclic) bond motifs is 1. The Morgan fingerprint density at radius 1 is 1.08 bits per heavy atom. The lowest BCUT2D eigenvalue weighted by Gasteiger charge is -2.27. The minimum absolute atomic E-state index is 0.00649. The topological polar surface area (TPSA) is 156 Å². The van der Waals surface area contributed by atoms with E-state index in [1.165, 1.54) is 14.0 Å². The Morgan fingerprint density at radius 3 is 2.38 bits per heavy atom. The van der Waals surface area contributed by atoms with Gasteiger partial charge in [-0.1, -0.05) is 6.07 Å². The minimum Gasteiger partial charge on any atom is -0.493 e. The second-order valence-electron chi connectivity index (χ2n) is 9.28. The van der Waals surface area contributed by atoms with Gasteiger partial charge < -0.3 is 19.9 Å². The van der Waals surface area contributed by atoms with Crippen LogP contribution in [0.25, 0.3) is 0 Å². The summed E-state index contributed by atoms with van der Waals surface area (Å²) in [5, 5.41) is 11.5. The van der Waals surface area contributed by atoms with Crippen molar-refractivity contribution in [3.8, 4) is 11.5 Å². The normalized spacial score (nSPS) is 13.7. The fourth-order valence-corrected chi connectivity index (χ4v) is 5.45. The molecule has 210 valence electrons. The molecule has 3 rings (SSSR count). The number of aryl methyl sites for hydroxylation is 1. The Kier molecular flexibility index (Phi) is 9.33. The number of hydrogen-bond donors (Lipinski definition) is 2. The molecule has 1 aliphatic heterocycles. The molecule has 2 aromatic carbocycles. The van der Waals surface area contributed by atoms with Gasteiger partial charge in [-0.15, -0.1) is 0 Å². The summed E-state index contributed by atoms with van der Waals surface area (Å²) in [6.45, 7) is 3.34. The second-order valence-corrected chi connectivity index (χ2v) is 11.5. The highest BCUT2D eigenvalue weighted by Gasteiger charge is 2.43. The summed E-state index contributed by atoms with van der Waals surface area (Å²) in [6, 6.07) is 6.64. The Balaban J connectivity index is 2.09. The van der Waals surface area contributed by atoms with Crippen LogP contribution in [0.4, 0.5) is 5.69 Å². The van der Waals surface area contributed by atoms with Crippen LogP contribution in [0.1, 0.15) is 71.0 Å². The number of carbonyl (C=O) groups is 4. The molecule has 12 heteroatoms. The number of carbonyl (C=O) groups excluding carboxylic acids is 3. The van der Waals surface area contributed by atoms with Gasteiger partial charge in [-0.2, -0.15) is 0 Å². The number of carboxylic acid groups (broad SMARTS) is 1. The van der Waals surface area contributed by atoms with Gasteiger partial charge in [-0.05, 0) is 61.6 Å². The zero-order valence-corrected chi connectivity index (χ0v) is 23.1. The summed E-state index contributed by atoms with van der Waals surface area (Å²) in [5.41, 5.74) is 1.14. The van der Waals surface area contributed by atoms with Gasteiger partial charge in [0, 0.05) is 19.6 Å². The van der Waals surface area contributed by atoms with Crippen LogP contribution in [0.3, 0.4) is 0 Å². The zero-order chi connectivity index (χ0) is 28.9. The van der Waals surface area contributed by atoms with Crippen molar-refractivity contribution >= 4 is 39.2 Å². The molecule has 0 saturated heterocycles. The summed E-state index contributed by atoms with van der Waals surface area (Å²) in [5.74, 6) is -2.61. The molecule has 3 amide bonds. The Morgan fingerprint density at radius 2 is 1.79 bits per heavy atom. The number of benzene rings is 2. The molecule has 1 heterocycles. The van der Waals surface area contributed by atoms with E-state index in [9.17, 15) is 27.6 Å². The molecule has 39 heavy (non-hydrogen) atoms. The van der Waals surface area contributed by atoms with Crippen LogP contribution in [-0.2, 0) is 25.8 Å². The van der Waals surface area contributed by atoms with Crippen LogP contribution in [0.2, 0.25) is 0 Å². The van der Waals surface area contributed by atoms with E-state index in [2.05, 4.69) is 5.32 Å². The first-order chi connectivity index (χ1) is 18.4. The van der Waals surface area contributed by atoms with Crippen LogP contribution >= 0.6 is 0 Å². The van der Waals surface area contributed by atoms with Crippen LogP contribution in [-0.4, -0.2) is 67.8 Å². The van der Waals surface area contributed by atoms with E-state index in [4.69, 9.17) is 14.6 Å². The van der Waals surface area contributed by atoms with E-state index < -0.39 is 45.3 Å². The minimum atomic E-state index is -3.68. The van der Waals surface area contributed by atoms with Crippen molar-refractivity contribution in [2.45, 2.75) is 45.6 Å². The Hall–Kier alpha value is -3.93. The lowest BCUT2D eigenvalue weighted by Crippen LogP contribution is -2.37. The molecule has 0 fully saturated rings. The molecule has 11 nitrogen and oxygen atoms in total. The number of ether oxygens (including phenoxy) is 2. The lowest BCUT2D eigenvalue weighted by molar-refractivity contribution is -0.137. The van der Waals surface area contributed by atoms with E-state index in [0.717, 1.165) is 11.2 Å². The van der Waals surface area contributed by atoms with E-state index in [1.54, 1.807) is 37.3 Å². The number of methoxy groups -OCH3 is 1. The van der Waals surface area contributed by atoms with Crippen molar-refractivity contribution in [1.82, 2.24) is 4.90 Å². The highest BCUT2D eigenvalue weighted by molar-refractivity contribution is 7.90. The second kappa shape index (κ2) is 12.3. The number of amides is 3. The van der Waals surface area contributed by atoms with Gasteiger partial charge in [-0.25, -0.2) is 8.42 Å². The molecule has 2 N–H and O–H groups in total. The van der Waals surface area contributed by atoms with Crippen LogP contribution in [0.5, 0.6) is 11.5 Å². The molecule has 0 saturated carbocycles. The molecular formula is C27H32N2O9S. The first-order valence-electron chi connectivity index (χ1n) is 12.4.